The van der Waals surface area contributed by atoms with Crippen molar-refractivity contribution in [3.05, 3.63) is 59.4 Å². The highest BCUT2D eigenvalue weighted by Gasteiger charge is 2.29. The molecule has 0 atom stereocenters. The predicted molar refractivity (Wildman–Crippen MR) is 98.5 cm³/mol. The van der Waals surface area contributed by atoms with E-state index in [1.54, 1.807) is 30.3 Å². The lowest BCUT2D eigenvalue weighted by atomic mass is 10.3. The lowest BCUT2D eigenvalue weighted by Gasteiger charge is -2.34. The van der Waals surface area contributed by atoms with Gasteiger partial charge in [-0.3, -0.25) is 4.90 Å². The minimum absolute atomic E-state index is 0.148. The van der Waals surface area contributed by atoms with Gasteiger partial charge in [0.15, 0.2) is 0 Å². The van der Waals surface area contributed by atoms with Crippen molar-refractivity contribution in [1.29, 1.82) is 0 Å². The van der Waals surface area contributed by atoms with Crippen LogP contribution in [0.5, 0.6) is 5.75 Å². The Morgan fingerprint density at radius 2 is 1.65 bits per heavy atom. The van der Waals surface area contributed by atoms with Crippen LogP contribution in [0.2, 0.25) is 5.02 Å². The number of hydrogen-bond acceptors (Lipinski definition) is 4. The van der Waals surface area contributed by atoms with Gasteiger partial charge in [-0.25, -0.2) is 12.8 Å². The molecule has 0 radical (unpaired) electrons. The van der Waals surface area contributed by atoms with E-state index in [-0.39, 0.29) is 15.7 Å². The first-order valence-corrected chi connectivity index (χ1v) is 10.1. The Hall–Kier alpha value is -1.67. The van der Waals surface area contributed by atoms with E-state index >= 15 is 0 Å². The molecule has 1 saturated heterocycles. The third-order valence-corrected chi connectivity index (χ3v) is 6.67. The van der Waals surface area contributed by atoms with E-state index in [4.69, 9.17) is 16.3 Å². The Morgan fingerprint density at radius 1 is 1.00 bits per heavy atom. The number of ether oxygens (including phenoxy) is 1. The number of benzene rings is 2. The number of piperazine rings is 1. The number of hydrogen-bond donors (Lipinski definition) is 0. The third kappa shape index (κ3) is 4.54. The summed E-state index contributed by atoms with van der Waals surface area (Å²) >= 11 is 6.04. The Bertz CT molecular complexity index is 838. The molecule has 1 fully saturated rings. The quantitative estimate of drug-likeness (QED) is 0.750. The molecule has 0 aliphatic carbocycles. The Morgan fingerprint density at radius 3 is 2.31 bits per heavy atom. The maximum Gasteiger partial charge on any atom is 0.244 e. The fourth-order valence-corrected chi connectivity index (χ4v) is 4.73. The van der Waals surface area contributed by atoms with Crippen molar-refractivity contribution in [2.24, 2.45) is 0 Å². The first-order chi connectivity index (χ1) is 12.5. The maximum absolute atomic E-state index is 12.9. The summed E-state index contributed by atoms with van der Waals surface area (Å²) in [7, 11) is -3.58. The van der Waals surface area contributed by atoms with E-state index in [0.717, 1.165) is 0 Å². The van der Waals surface area contributed by atoms with Crippen LogP contribution in [0.15, 0.2) is 53.4 Å². The molecular formula is C18H20ClFN2O3S. The number of halogens is 2. The van der Waals surface area contributed by atoms with Crippen molar-refractivity contribution in [3.63, 3.8) is 0 Å². The first-order valence-electron chi connectivity index (χ1n) is 8.32. The van der Waals surface area contributed by atoms with Gasteiger partial charge in [-0.1, -0.05) is 23.7 Å². The van der Waals surface area contributed by atoms with Crippen LogP contribution in [0.4, 0.5) is 4.39 Å². The number of sulfonamides is 1. The largest absolute Gasteiger partial charge is 0.492 e. The monoisotopic (exact) mass is 398 g/mol. The molecular weight excluding hydrogens is 379 g/mol. The van der Waals surface area contributed by atoms with Crippen LogP contribution in [-0.2, 0) is 10.0 Å². The van der Waals surface area contributed by atoms with Gasteiger partial charge in [-0.05, 0) is 36.4 Å². The van der Waals surface area contributed by atoms with Crippen LogP contribution in [-0.4, -0.2) is 57.0 Å². The van der Waals surface area contributed by atoms with Crippen LogP contribution in [0, 0.1) is 5.82 Å². The molecule has 0 spiro atoms. The average molecular weight is 399 g/mol. The summed E-state index contributed by atoms with van der Waals surface area (Å²) in [6.07, 6.45) is 0. The van der Waals surface area contributed by atoms with Gasteiger partial charge in [-0.15, -0.1) is 0 Å². The molecule has 2 aromatic rings. The summed E-state index contributed by atoms with van der Waals surface area (Å²) in [4.78, 5) is 2.29. The van der Waals surface area contributed by atoms with Gasteiger partial charge in [-0.2, -0.15) is 4.31 Å². The van der Waals surface area contributed by atoms with Crippen LogP contribution >= 0.6 is 11.6 Å². The summed E-state index contributed by atoms with van der Waals surface area (Å²) in [6, 6.07) is 12.4. The van der Waals surface area contributed by atoms with Crippen molar-refractivity contribution in [1.82, 2.24) is 9.21 Å². The molecule has 140 valence electrons. The standard InChI is InChI=1S/C18H20ClFN2O3S/c19-17-3-1-2-4-18(17)26(23,24)22-11-9-21(10-12-22)13-14-25-16-7-5-15(20)6-8-16/h1-8H,9-14H2. The molecule has 0 unspecified atom stereocenters. The molecule has 5 nitrogen and oxygen atoms in total. The van der Waals surface area contributed by atoms with Gasteiger partial charge in [0.25, 0.3) is 0 Å². The van der Waals surface area contributed by atoms with Gasteiger partial charge in [0.1, 0.15) is 23.1 Å². The number of rotatable bonds is 6. The summed E-state index contributed by atoms with van der Waals surface area (Å²) < 4.78 is 45.3. The second-order valence-electron chi connectivity index (χ2n) is 5.98. The Labute approximate surface area is 158 Å². The molecule has 3 rings (SSSR count). The Balaban J connectivity index is 1.49. The van der Waals surface area contributed by atoms with Crippen LogP contribution < -0.4 is 4.74 Å². The van der Waals surface area contributed by atoms with E-state index in [2.05, 4.69) is 4.90 Å². The van der Waals surface area contributed by atoms with Crippen LogP contribution in [0.25, 0.3) is 0 Å². The fourth-order valence-electron chi connectivity index (χ4n) is 2.81. The summed E-state index contributed by atoms with van der Waals surface area (Å²) in [5.41, 5.74) is 0. The molecule has 8 heteroatoms. The van der Waals surface area contributed by atoms with Crippen molar-refractivity contribution >= 4 is 21.6 Å². The lowest BCUT2D eigenvalue weighted by Crippen LogP contribution is -2.49. The second-order valence-corrected chi connectivity index (χ2v) is 8.29. The highest BCUT2D eigenvalue weighted by atomic mass is 35.5. The van der Waals surface area contributed by atoms with Crippen molar-refractivity contribution < 1.29 is 17.5 Å². The molecule has 1 aliphatic heterocycles. The summed E-state index contributed by atoms with van der Waals surface area (Å²) in [5.74, 6) is 0.319. The second kappa shape index (κ2) is 8.35. The van der Waals surface area contributed by atoms with Gasteiger partial charge < -0.3 is 4.74 Å². The molecule has 0 aromatic heterocycles. The predicted octanol–water partition coefficient (Wildman–Crippen LogP) is 2.86. The van der Waals surface area contributed by atoms with Crippen molar-refractivity contribution in [3.8, 4) is 5.75 Å². The van der Waals surface area contributed by atoms with Gasteiger partial charge in [0, 0.05) is 32.7 Å². The molecule has 0 amide bonds. The van der Waals surface area contributed by atoms with Crippen molar-refractivity contribution in [2.45, 2.75) is 4.90 Å². The zero-order valence-electron chi connectivity index (χ0n) is 14.1. The number of nitrogens with zero attached hydrogens (tertiary/aromatic N) is 2. The molecule has 26 heavy (non-hydrogen) atoms. The minimum Gasteiger partial charge on any atom is -0.492 e. The SMILES string of the molecule is O=S(=O)(c1ccccc1Cl)N1CCN(CCOc2ccc(F)cc2)CC1. The van der Waals surface area contributed by atoms with E-state index in [0.29, 0.717) is 45.1 Å². The van der Waals surface area contributed by atoms with E-state index in [1.807, 2.05) is 0 Å². The van der Waals surface area contributed by atoms with Crippen molar-refractivity contribution in [2.75, 3.05) is 39.3 Å². The molecule has 0 bridgehead atoms. The molecule has 0 N–H and O–H groups in total. The smallest absolute Gasteiger partial charge is 0.244 e. The van der Waals surface area contributed by atoms with Crippen LogP contribution in [0.1, 0.15) is 0 Å². The normalized spacial score (nSPS) is 16.5. The average Bonchev–Trinajstić information content (AvgIpc) is 2.64. The van der Waals surface area contributed by atoms with E-state index in [1.165, 1.54) is 22.5 Å². The topological polar surface area (TPSA) is 49.9 Å². The zero-order valence-corrected chi connectivity index (χ0v) is 15.7. The van der Waals surface area contributed by atoms with Gasteiger partial charge >= 0.3 is 0 Å². The van der Waals surface area contributed by atoms with E-state index < -0.39 is 10.0 Å². The van der Waals surface area contributed by atoms with Gasteiger partial charge in [0.05, 0.1) is 5.02 Å². The van der Waals surface area contributed by atoms with Gasteiger partial charge in [0.2, 0.25) is 10.0 Å². The van der Waals surface area contributed by atoms with Crippen LogP contribution in [0.3, 0.4) is 0 Å². The molecule has 1 heterocycles. The lowest BCUT2D eigenvalue weighted by molar-refractivity contribution is 0.159. The maximum atomic E-state index is 12.9. The third-order valence-electron chi connectivity index (χ3n) is 4.28. The highest BCUT2D eigenvalue weighted by molar-refractivity contribution is 7.89. The molecule has 0 saturated carbocycles. The highest BCUT2D eigenvalue weighted by Crippen LogP contribution is 2.25. The first kappa shape index (κ1) is 19.1. The summed E-state index contributed by atoms with van der Waals surface area (Å²) in [6.45, 7) is 3.20. The molecule has 1 aliphatic rings. The fraction of sp³-hybridized carbons (Fsp3) is 0.333. The summed E-state index contributed by atoms with van der Waals surface area (Å²) in [5, 5.41) is 0.239. The minimum atomic E-state index is -3.58. The van der Waals surface area contributed by atoms with E-state index in [9.17, 15) is 12.8 Å². The zero-order chi connectivity index (χ0) is 18.6. The molecule has 2 aromatic carbocycles. The Kier molecular flexibility index (Phi) is 6.13.